The molecule has 1 aromatic rings. The maximum absolute atomic E-state index is 12.8. The van der Waals surface area contributed by atoms with Crippen LogP contribution in [0.3, 0.4) is 0 Å². The highest BCUT2D eigenvalue weighted by Gasteiger charge is 2.54. The SMILES string of the molecule is CC(C)CC(NC(=O)[C@H](CO)NC(=O)c1ccc2c(c1)CC(C)(C)O2)C(=O)C1(CO)CO1. The second kappa shape index (κ2) is 9.17. The van der Waals surface area contributed by atoms with E-state index >= 15 is 0 Å². The monoisotopic (exact) mass is 448 g/mol. The molecule has 4 N–H and O–H groups in total. The summed E-state index contributed by atoms with van der Waals surface area (Å²) in [7, 11) is 0. The van der Waals surface area contributed by atoms with Gasteiger partial charge < -0.3 is 30.3 Å². The number of carbonyl (C=O) groups excluding carboxylic acids is 3. The third kappa shape index (κ3) is 5.28. The minimum absolute atomic E-state index is 0.0822. The van der Waals surface area contributed by atoms with Crippen molar-refractivity contribution in [3.05, 3.63) is 29.3 Å². The minimum Gasteiger partial charge on any atom is -0.487 e. The molecule has 0 bridgehead atoms. The molecule has 2 unspecified atom stereocenters. The van der Waals surface area contributed by atoms with Crippen LogP contribution in [-0.2, 0) is 20.7 Å². The first-order valence-electron chi connectivity index (χ1n) is 10.8. The van der Waals surface area contributed by atoms with Gasteiger partial charge in [-0.2, -0.15) is 0 Å². The normalized spacial score (nSPS) is 22.5. The van der Waals surface area contributed by atoms with Crippen LogP contribution in [0.1, 0.15) is 50.0 Å². The maximum atomic E-state index is 12.8. The number of amides is 2. The van der Waals surface area contributed by atoms with Gasteiger partial charge in [0.05, 0.1) is 25.9 Å². The van der Waals surface area contributed by atoms with Gasteiger partial charge in [-0.05, 0) is 49.9 Å². The summed E-state index contributed by atoms with van der Waals surface area (Å²) in [5.74, 6) is -0.807. The highest BCUT2D eigenvalue weighted by atomic mass is 16.6. The van der Waals surface area contributed by atoms with Crippen LogP contribution in [0.15, 0.2) is 18.2 Å². The number of hydrogen-bond donors (Lipinski definition) is 4. The number of nitrogens with one attached hydrogen (secondary N) is 2. The van der Waals surface area contributed by atoms with Crippen LogP contribution in [0.2, 0.25) is 0 Å². The second-order valence-corrected chi connectivity index (χ2v) is 9.57. The topological polar surface area (TPSA) is 137 Å². The van der Waals surface area contributed by atoms with Crippen LogP contribution in [-0.4, -0.2) is 70.9 Å². The predicted molar refractivity (Wildman–Crippen MR) is 115 cm³/mol. The highest BCUT2D eigenvalue weighted by Crippen LogP contribution is 2.35. The Morgan fingerprint density at radius 2 is 1.81 bits per heavy atom. The third-order valence-electron chi connectivity index (χ3n) is 5.67. The summed E-state index contributed by atoms with van der Waals surface area (Å²) >= 11 is 0. The lowest BCUT2D eigenvalue weighted by Gasteiger charge is -2.24. The standard InChI is InChI=1S/C23H32N2O7/c1-13(2)7-16(19(28)23(11-27)12-31-23)24-21(30)17(10-26)25-20(29)14-5-6-18-15(8-14)9-22(3,4)32-18/h5-6,8,13,16-17,26-27H,7,9-12H2,1-4H3,(H,24,30)(H,25,29)/t16?,17-,23?/m0/s1. The Hall–Kier alpha value is -2.49. The summed E-state index contributed by atoms with van der Waals surface area (Å²) in [6, 6.07) is 2.89. The quantitative estimate of drug-likeness (QED) is 0.379. The van der Waals surface area contributed by atoms with Crippen LogP contribution in [0.25, 0.3) is 0 Å². The minimum atomic E-state index is -1.27. The fourth-order valence-electron chi connectivity index (χ4n) is 3.88. The van der Waals surface area contributed by atoms with Crippen molar-refractivity contribution in [1.29, 1.82) is 0 Å². The van der Waals surface area contributed by atoms with Crippen molar-refractivity contribution in [2.75, 3.05) is 19.8 Å². The van der Waals surface area contributed by atoms with Crippen LogP contribution in [0.4, 0.5) is 0 Å². The lowest BCUT2D eigenvalue weighted by molar-refractivity contribution is -0.133. The summed E-state index contributed by atoms with van der Waals surface area (Å²) in [4.78, 5) is 38.3. The molecule has 2 amide bonds. The van der Waals surface area contributed by atoms with Gasteiger partial charge in [-0.15, -0.1) is 0 Å². The Balaban J connectivity index is 1.67. The van der Waals surface area contributed by atoms with Crippen molar-refractivity contribution < 1.29 is 34.1 Å². The van der Waals surface area contributed by atoms with E-state index < -0.39 is 48.5 Å². The summed E-state index contributed by atoms with van der Waals surface area (Å²) < 4.78 is 10.9. The zero-order valence-corrected chi connectivity index (χ0v) is 18.9. The van der Waals surface area contributed by atoms with Gasteiger partial charge in [-0.1, -0.05) is 13.8 Å². The first-order chi connectivity index (χ1) is 15.0. The summed E-state index contributed by atoms with van der Waals surface area (Å²) in [6.07, 6.45) is 0.990. The molecule has 176 valence electrons. The van der Waals surface area contributed by atoms with Gasteiger partial charge in [-0.3, -0.25) is 14.4 Å². The summed E-state index contributed by atoms with van der Waals surface area (Å²) in [5, 5.41) is 24.3. The Bertz CT molecular complexity index is 892. The molecule has 2 aliphatic heterocycles. The van der Waals surface area contributed by atoms with Crippen molar-refractivity contribution in [2.45, 2.75) is 63.8 Å². The smallest absolute Gasteiger partial charge is 0.252 e. The number of fused-ring (bicyclic) bond motifs is 1. The predicted octanol–water partition coefficient (Wildman–Crippen LogP) is 0.352. The molecule has 0 aromatic heterocycles. The van der Waals surface area contributed by atoms with Gasteiger partial charge in [-0.25, -0.2) is 0 Å². The first-order valence-corrected chi connectivity index (χ1v) is 10.8. The molecule has 2 aliphatic rings. The average molecular weight is 449 g/mol. The lowest BCUT2D eigenvalue weighted by Crippen LogP contribution is -2.55. The van der Waals surface area contributed by atoms with Crippen LogP contribution < -0.4 is 15.4 Å². The molecule has 32 heavy (non-hydrogen) atoms. The van der Waals surface area contributed by atoms with E-state index in [2.05, 4.69) is 10.6 Å². The number of epoxide rings is 1. The van der Waals surface area contributed by atoms with Gasteiger partial charge >= 0.3 is 0 Å². The van der Waals surface area contributed by atoms with E-state index in [1.54, 1.807) is 18.2 Å². The Morgan fingerprint density at radius 3 is 2.38 bits per heavy atom. The van der Waals surface area contributed by atoms with Crippen molar-refractivity contribution in [2.24, 2.45) is 5.92 Å². The Kier molecular flexibility index (Phi) is 6.92. The average Bonchev–Trinajstić information content (AvgIpc) is 3.46. The van der Waals surface area contributed by atoms with E-state index in [1.165, 1.54) is 0 Å². The number of Topliss-reactive ketones (excluding diaryl/α,β-unsaturated/α-hetero) is 1. The molecule has 1 saturated heterocycles. The van der Waals surface area contributed by atoms with Crippen LogP contribution in [0, 0.1) is 5.92 Å². The second-order valence-electron chi connectivity index (χ2n) is 9.57. The van der Waals surface area contributed by atoms with Crippen LogP contribution in [0.5, 0.6) is 5.75 Å². The van der Waals surface area contributed by atoms with Crippen molar-refractivity contribution in [3.8, 4) is 5.75 Å². The van der Waals surface area contributed by atoms with Gasteiger partial charge in [0.25, 0.3) is 5.91 Å². The molecule has 9 heteroatoms. The molecule has 0 radical (unpaired) electrons. The molecule has 3 rings (SSSR count). The Morgan fingerprint density at radius 1 is 1.12 bits per heavy atom. The van der Waals surface area contributed by atoms with Gasteiger partial charge in [0.15, 0.2) is 11.4 Å². The largest absolute Gasteiger partial charge is 0.487 e. The fourth-order valence-corrected chi connectivity index (χ4v) is 3.88. The van der Waals surface area contributed by atoms with Gasteiger partial charge in [0.2, 0.25) is 5.91 Å². The number of aliphatic hydroxyl groups excluding tert-OH is 2. The molecule has 1 aromatic carbocycles. The number of benzene rings is 1. The van der Waals surface area contributed by atoms with Crippen LogP contribution >= 0.6 is 0 Å². The molecule has 3 atom stereocenters. The third-order valence-corrected chi connectivity index (χ3v) is 5.67. The van der Waals surface area contributed by atoms with E-state index in [0.29, 0.717) is 18.4 Å². The van der Waals surface area contributed by atoms with Crippen molar-refractivity contribution in [3.63, 3.8) is 0 Å². The number of ether oxygens (including phenoxy) is 2. The zero-order valence-electron chi connectivity index (χ0n) is 18.9. The van der Waals surface area contributed by atoms with Crippen molar-refractivity contribution >= 4 is 17.6 Å². The van der Waals surface area contributed by atoms with Gasteiger partial charge in [0, 0.05) is 12.0 Å². The van der Waals surface area contributed by atoms with E-state index in [1.807, 2.05) is 27.7 Å². The zero-order chi connectivity index (χ0) is 23.7. The molecule has 1 fully saturated rings. The molecular weight excluding hydrogens is 416 g/mol. The van der Waals surface area contributed by atoms with Gasteiger partial charge in [0.1, 0.15) is 17.4 Å². The summed E-state index contributed by atoms with van der Waals surface area (Å²) in [6.45, 7) is 6.72. The van der Waals surface area contributed by atoms with E-state index in [9.17, 15) is 24.6 Å². The van der Waals surface area contributed by atoms with E-state index in [-0.39, 0.29) is 18.1 Å². The molecule has 2 heterocycles. The molecular formula is C23H32N2O7. The maximum Gasteiger partial charge on any atom is 0.252 e. The Labute approximate surface area is 187 Å². The number of ketones is 1. The number of aliphatic hydroxyl groups is 2. The fraction of sp³-hybridized carbons (Fsp3) is 0.609. The molecule has 9 nitrogen and oxygen atoms in total. The summed E-state index contributed by atoms with van der Waals surface area (Å²) in [5.41, 5.74) is -0.378. The number of rotatable bonds is 10. The molecule has 0 spiro atoms. The first kappa shape index (κ1) is 24.2. The molecule has 0 saturated carbocycles. The number of carbonyl (C=O) groups is 3. The lowest BCUT2D eigenvalue weighted by atomic mass is 9.92. The molecule has 0 aliphatic carbocycles. The van der Waals surface area contributed by atoms with E-state index in [0.717, 1.165) is 11.3 Å². The number of hydrogen-bond acceptors (Lipinski definition) is 7. The van der Waals surface area contributed by atoms with Crippen molar-refractivity contribution in [1.82, 2.24) is 10.6 Å². The van der Waals surface area contributed by atoms with E-state index in [4.69, 9.17) is 9.47 Å². The highest BCUT2D eigenvalue weighted by molar-refractivity contribution is 6.00.